The summed E-state index contributed by atoms with van der Waals surface area (Å²) in [6, 6.07) is 14.3. The van der Waals surface area contributed by atoms with Gasteiger partial charge in [0.15, 0.2) is 22.5 Å². The number of hydrogen-bond donors (Lipinski definition) is 1. The lowest BCUT2D eigenvalue weighted by Gasteiger charge is -2.10. The lowest BCUT2D eigenvalue weighted by atomic mass is 10.3. The first-order valence-corrected chi connectivity index (χ1v) is 9.75. The van der Waals surface area contributed by atoms with Gasteiger partial charge in [0, 0.05) is 17.8 Å². The van der Waals surface area contributed by atoms with Crippen molar-refractivity contribution in [1.29, 1.82) is 0 Å². The van der Waals surface area contributed by atoms with Crippen LogP contribution in [0, 0.1) is 0 Å². The highest BCUT2D eigenvalue weighted by Crippen LogP contribution is 2.26. The number of anilines is 1. The molecule has 28 heavy (non-hydrogen) atoms. The summed E-state index contributed by atoms with van der Waals surface area (Å²) < 4.78 is 12.8. The van der Waals surface area contributed by atoms with Crippen molar-refractivity contribution in [2.24, 2.45) is 7.05 Å². The van der Waals surface area contributed by atoms with Gasteiger partial charge in [0.05, 0.1) is 12.9 Å². The largest absolute Gasteiger partial charge is 0.493 e. The molecule has 0 atom stereocenters. The molecule has 0 bridgehead atoms. The zero-order chi connectivity index (χ0) is 19.9. The van der Waals surface area contributed by atoms with Crippen LogP contribution in [0.3, 0.4) is 0 Å². The maximum Gasteiger partial charge on any atom is 0.234 e. The monoisotopic (exact) mass is 418 g/mol. The van der Waals surface area contributed by atoms with Gasteiger partial charge in [-0.3, -0.25) is 4.79 Å². The molecule has 7 nitrogen and oxygen atoms in total. The van der Waals surface area contributed by atoms with Crippen LogP contribution in [0.15, 0.2) is 53.7 Å². The van der Waals surface area contributed by atoms with Crippen molar-refractivity contribution in [2.45, 2.75) is 11.8 Å². The molecular weight excluding hydrogens is 400 g/mol. The third kappa shape index (κ3) is 5.17. The van der Waals surface area contributed by atoms with Gasteiger partial charge >= 0.3 is 0 Å². The van der Waals surface area contributed by atoms with Crippen LogP contribution in [0.2, 0.25) is 5.02 Å². The summed E-state index contributed by atoms with van der Waals surface area (Å²) >= 11 is 7.14. The van der Waals surface area contributed by atoms with E-state index in [-0.39, 0.29) is 18.3 Å². The Labute approximate surface area is 172 Å². The number of nitrogens with one attached hydrogen (secondary N) is 1. The summed E-state index contributed by atoms with van der Waals surface area (Å²) in [5.74, 6) is 2.00. The summed E-state index contributed by atoms with van der Waals surface area (Å²) in [6.07, 6.45) is 0. The second kappa shape index (κ2) is 9.48. The van der Waals surface area contributed by atoms with Crippen molar-refractivity contribution in [3.8, 4) is 11.5 Å². The molecule has 3 aromatic rings. The zero-order valence-electron chi connectivity index (χ0n) is 15.4. The van der Waals surface area contributed by atoms with Crippen molar-refractivity contribution in [3.05, 3.63) is 59.4 Å². The van der Waals surface area contributed by atoms with Gasteiger partial charge in [-0.1, -0.05) is 35.5 Å². The minimum atomic E-state index is -0.137. The Kier molecular flexibility index (Phi) is 6.78. The Morgan fingerprint density at radius 2 is 1.86 bits per heavy atom. The summed E-state index contributed by atoms with van der Waals surface area (Å²) in [6.45, 7) is 0.238. The molecule has 0 aliphatic heterocycles. The molecule has 0 unspecified atom stereocenters. The van der Waals surface area contributed by atoms with Crippen molar-refractivity contribution >= 4 is 35.0 Å². The maximum atomic E-state index is 12.1. The Bertz CT molecular complexity index is 947. The standard InChI is InChI=1S/C19H19ClN4O3S/c1-24-17(11-27-16-6-4-3-5-15(16)26-2)22-23-19(24)28-12-18(25)21-14-9-7-13(20)8-10-14/h3-10H,11-12H2,1-2H3,(H,21,25). The molecule has 2 aromatic carbocycles. The average Bonchev–Trinajstić information content (AvgIpc) is 3.06. The minimum Gasteiger partial charge on any atom is -0.493 e. The van der Waals surface area contributed by atoms with Gasteiger partial charge in [0.1, 0.15) is 6.61 Å². The molecule has 0 radical (unpaired) electrons. The van der Waals surface area contributed by atoms with E-state index < -0.39 is 0 Å². The van der Waals surface area contributed by atoms with E-state index >= 15 is 0 Å². The molecule has 0 saturated heterocycles. The van der Waals surface area contributed by atoms with E-state index in [2.05, 4.69) is 15.5 Å². The number of aromatic nitrogens is 3. The third-order valence-electron chi connectivity index (χ3n) is 3.81. The summed E-state index contributed by atoms with van der Waals surface area (Å²) in [4.78, 5) is 12.1. The van der Waals surface area contributed by atoms with Crippen LogP contribution >= 0.6 is 23.4 Å². The van der Waals surface area contributed by atoms with E-state index in [0.717, 1.165) is 0 Å². The molecule has 0 fully saturated rings. The van der Waals surface area contributed by atoms with Crippen LogP contribution in [-0.4, -0.2) is 33.5 Å². The molecule has 0 saturated carbocycles. The highest BCUT2D eigenvalue weighted by Gasteiger charge is 2.13. The molecule has 9 heteroatoms. The van der Waals surface area contributed by atoms with Gasteiger partial charge in [-0.15, -0.1) is 10.2 Å². The van der Waals surface area contributed by atoms with Gasteiger partial charge in [0.25, 0.3) is 0 Å². The first-order valence-electron chi connectivity index (χ1n) is 8.39. The first kappa shape index (κ1) is 20.0. The summed E-state index contributed by atoms with van der Waals surface area (Å²) in [5, 5.41) is 12.3. The van der Waals surface area contributed by atoms with Gasteiger partial charge in [-0.25, -0.2) is 0 Å². The van der Waals surface area contributed by atoms with Crippen LogP contribution in [0.4, 0.5) is 5.69 Å². The predicted molar refractivity (Wildman–Crippen MR) is 109 cm³/mol. The van der Waals surface area contributed by atoms with Crippen molar-refractivity contribution in [2.75, 3.05) is 18.2 Å². The number of ether oxygens (including phenoxy) is 2. The van der Waals surface area contributed by atoms with E-state index in [1.165, 1.54) is 11.8 Å². The topological polar surface area (TPSA) is 78.3 Å². The van der Waals surface area contributed by atoms with E-state index in [1.54, 1.807) is 35.9 Å². The lowest BCUT2D eigenvalue weighted by molar-refractivity contribution is -0.113. The molecule has 0 aliphatic carbocycles. The normalized spacial score (nSPS) is 10.5. The molecular formula is C19H19ClN4O3S. The third-order valence-corrected chi connectivity index (χ3v) is 5.08. The van der Waals surface area contributed by atoms with Gasteiger partial charge < -0.3 is 19.4 Å². The number of thioether (sulfide) groups is 1. The second-order valence-corrected chi connectivity index (χ2v) is 7.12. The molecule has 1 N–H and O–H groups in total. The van der Waals surface area contributed by atoms with Crippen LogP contribution in [0.1, 0.15) is 5.82 Å². The number of nitrogens with zero attached hydrogens (tertiary/aromatic N) is 3. The summed E-state index contributed by atoms with van der Waals surface area (Å²) in [5.41, 5.74) is 0.693. The fourth-order valence-electron chi connectivity index (χ4n) is 2.34. The molecule has 146 valence electrons. The number of methoxy groups -OCH3 is 1. The number of carbonyl (C=O) groups is 1. The highest BCUT2D eigenvalue weighted by molar-refractivity contribution is 7.99. The van der Waals surface area contributed by atoms with Crippen molar-refractivity contribution in [3.63, 3.8) is 0 Å². The van der Waals surface area contributed by atoms with Crippen LogP contribution < -0.4 is 14.8 Å². The second-order valence-electron chi connectivity index (χ2n) is 5.74. The van der Waals surface area contributed by atoms with Crippen molar-refractivity contribution in [1.82, 2.24) is 14.8 Å². The maximum absolute atomic E-state index is 12.1. The number of halogens is 1. The fraction of sp³-hybridized carbons (Fsp3) is 0.211. The molecule has 0 aliphatic rings. The van der Waals surface area contributed by atoms with Crippen LogP contribution in [0.5, 0.6) is 11.5 Å². The Morgan fingerprint density at radius 3 is 2.57 bits per heavy atom. The Balaban J connectivity index is 1.54. The minimum absolute atomic E-state index is 0.137. The number of amides is 1. The van der Waals surface area contributed by atoms with E-state index in [9.17, 15) is 4.79 Å². The van der Waals surface area contributed by atoms with Crippen LogP contribution in [0.25, 0.3) is 0 Å². The quantitative estimate of drug-likeness (QED) is 0.561. The van der Waals surface area contributed by atoms with Gasteiger partial charge in [-0.2, -0.15) is 0 Å². The van der Waals surface area contributed by atoms with E-state index in [0.29, 0.717) is 33.2 Å². The number of benzene rings is 2. The van der Waals surface area contributed by atoms with Crippen molar-refractivity contribution < 1.29 is 14.3 Å². The zero-order valence-corrected chi connectivity index (χ0v) is 17.0. The SMILES string of the molecule is COc1ccccc1OCc1nnc(SCC(=O)Nc2ccc(Cl)cc2)n1C. The van der Waals surface area contributed by atoms with Gasteiger partial charge in [-0.05, 0) is 36.4 Å². The molecule has 3 rings (SSSR count). The van der Waals surface area contributed by atoms with Gasteiger partial charge in [0.2, 0.25) is 5.91 Å². The smallest absolute Gasteiger partial charge is 0.234 e. The molecule has 0 spiro atoms. The fourth-order valence-corrected chi connectivity index (χ4v) is 3.19. The number of hydrogen-bond acceptors (Lipinski definition) is 6. The lowest BCUT2D eigenvalue weighted by Crippen LogP contribution is -2.14. The molecule has 1 aromatic heterocycles. The Morgan fingerprint density at radius 1 is 1.14 bits per heavy atom. The number of rotatable bonds is 8. The van der Waals surface area contributed by atoms with Crippen LogP contribution in [-0.2, 0) is 18.4 Å². The Hall–Kier alpha value is -2.71. The average molecular weight is 419 g/mol. The van der Waals surface area contributed by atoms with E-state index in [1.807, 2.05) is 31.3 Å². The predicted octanol–water partition coefficient (Wildman–Crippen LogP) is 3.79. The number of para-hydroxylation sites is 2. The van der Waals surface area contributed by atoms with E-state index in [4.69, 9.17) is 21.1 Å². The first-order chi connectivity index (χ1) is 13.6. The number of carbonyl (C=O) groups excluding carboxylic acids is 1. The highest BCUT2D eigenvalue weighted by atomic mass is 35.5. The summed E-state index contributed by atoms with van der Waals surface area (Å²) in [7, 11) is 3.43. The molecule has 1 amide bonds. The molecule has 1 heterocycles.